The zero-order valence-corrected chi connectivity index (χ0v) is 16.5. The van der Waals surface area contributed by atoms with Gasteiger partial charge in [-0.2, -0.15) is 0 Å². The van der Waals surface area contributed by atoms with E-state index in [9.17, 15) is 5.11 Å². The fraction of sp³-hybridized carbons (Fsp3) is 0.308. The summed E-state index contributed by atoms with van der Waals surface area (Å²) in [5, 5.41) is 10.7. The fourth-order valence-electron chi connectivity index (χ4n) is 3.71. The summed E-state index contributed by atoms with van der Waals surface area (Å²) in [6, 6.07) is 24.9. The molecule has 1 heteroatoms. The minimum atomic E-state index is 0.414. The van der Waals surface area contributed by atoms with Crippen molar-refractivity contribution >= 4 is 0 Å². The van der Waals surface area contributed by atoms with Crippen LogP contribution in [0.15, 0.2) is 72.8 Å². The molecular formula is C26H30O. The normalized spacial score (nSPS) is 11.1. The van der Waals surface area contributed by atoms with E-state index in [0.29, 0.717) is 5.75 Å². The standard InChI is InChI=1S/C26H30O/c1-20(2)12-6-3-11-17-24-25(27)19-18-23(21-13-7-4-8-14-21)26(24)22-15-9-5-10-16-22/h4-5,7-10,13-16,18-20,27H,3,6,11-12,17H2,1-2H3. The summed E-state index contributed by atoms with van der Waals surface area (Å²) in [7, 11) is 0. The lowest BCUT2D eigenvalue weighted by atomic mass is 9.87. The summed E-state index contributed by atoms with van der Waals surface area (Å²) >= 11 is 0. The van der Waals surface area contributed by atoms with Crippen molar-refractivity contribution in [2.24, 2.45) is 5.92 Å². The van der Waals surface area contributed by atoms with Crippen molar-refractivity contribution in [3.63, 3.8) is 0 Å². The average molecular weight is 359 g/mol. The third-order valence-corrected chi connectivity index (χ3v) is 5.14. The molecule has 0 fully saturated rings. The lowest BCUT2D eigenvalue weighted by molar-refractivity contribution is 0.465. The highest BCUT2D eigenvalue weighted by atomic mass is 16.3. The summed E-state index contributed by atoms with van der Waals surface area (Å²) < 4.78 is 0. The predicted octanol–water partition coefficient (Wildman–Crippen LogP) is 7.49. The molecule has 3 aromatic carbocycles. The van der Waals surface area contributed by atoms with Gasteiger partial charge in [0.25, 0.3) is 0 Å². The van der Waals surface area contributed by atoms with Crippen LogP contribution in [0.4, 0.5) is 0 Å². The van der Waals surface area contributed by atoms with Crippen LogP contribution in [-0.4, -0.2) is 5.11 Å². The third kappa shape index (κ3) is 5.01. The van der Waals surface area contributed by atoms with Gasteiger partial charge in [0, 0.05) is 5.56 Å². The van der Waals surface area contributed by atoms with Crippen LogP contribution < -0.4 is 0 Å². The van der Waals surface area contributed by atoms with Gasteiger partial charge in [-0.1, -0.05) is 99.8 Å². The van der Waals surface area contributed by atoms with Crippen molar-refractivity contribution in [1.82, 2.24) is 0 Å². The number of phenols is 1. The number of phenolic OH excluding ortho intramolecular Hbond substituents is 1. The molecule has 0 atom stereocenters. The Morgan fingerprint density at radius 3 is 1.96 bits per heavy atom. The number of rotatable bonds is 8. The highest BCUT2D eigenvalue weighted by Crippen LogP contribution is 2.39. The molecule has 0 aliphatic heterocycles. The van der Waals surface area contributed by atoms with Gasteiger partial charge in [-0.3, -0.25) is 0 Å². The summed E-state index contributed by atoms with van der Waals surface area (Å²) in [6.45, 7) is 4.56. The molecule has 1 N–H and O–H groups in total. The van der Waals surface area contributed by atoms with Gasteiger partial charge in [0.2, 0.25) is 0 Å². The minimum absolute atomic E-state index is 0.414. The molecule has 3 rings (SSSR count). The molecule has 0 bridgehead atoms. The van der Waals surface area contributed by atoms with Crippen molar-refractivity contribution in [3.8, 4) is 28.0 Å². The Kier molecular flexibility index (Phi) is 6.70. The van der Waals surface area contributed by atoms with Gasteiger partial charge >= 0.3 is 0 Å². The Hall–Kier alpha value is -2.54. The largest absolute Gasteiger partial charge is 0.508 e. The molecule has 0 saturated heterocycles. The van der Waals surface area contributed by atoms with Crippen molar-refractivity contribution in [1.29, 1.82) is 0 Å². The Balaban J connectivity index is 1.96. The van der Waals surface area contributed by atoms with Crippen molar-refractivity contribution in [2.75, 3.05) is 0 Å². The van der Waals surface area contributed by atoms with Gasteiger partial charge in [-0.15, -0.1) is 0 Å². The second kappa shape index (κ2) is 9.41. The van der Waals surface area contributed by atoms with Crippen LogP contribution in [0.2, 0.25) is 0 Å². The fourth-order valence-corrected chi connectivity index (χ4v) is 3.71. The Bertz CT molecular complexity index is 835. The molecule has 0 aliphatic carbocycles. The average Bonchev–Trinajstić information content (AvgIpc) is 2.69. The summed E-state index contributed by atoms with van der Waals surface area (Å²) in [5.74, 6) is 1.18. The molecule has 140 valence electrons. The molecule has 0 spiro atoms. The quantitative estimate of drug-likeness (QED) is 0.414. The molecule has 0 aliphatic rings. The van der Waals surface area contributed by atoms with Crippen LogP contribution >= 0.6 is 0 Å². The van der Waals surface area contributed by atoms with Crippen molar-refractivity contribution < 1.29 is 5.11 Å². The minimum Gasteiger partial charge on any atom is -0.508 e. The van der Waals surface area contributed by atoms with E-state index in [4.69, 9.17) is 0 Å². The first-order valence-electron chi connectivity index (χ1n) is 10.1. The summed E-state index contributed by atoms with van der Waals surface area (Å²) in [4.78, 5) is 0. The van der Waals surface area contributed by atoms with Crippen LogP contribution in [0.3, 0.4) is 0 Å². The van der Waals surface area contributed by atoms with Gasteiger partial charge in [-0.05, 0) is 47.1 Å². The van der Waals surface area contributed by atoms with E-state index in [-0.39, 0.29) is 0 Å². The molecule has 0 amide bonds. The number of aromatic hydroxyl groups is 1. The van der Waals surface area contributed by atoms with Crippen LogP contribution in [0, 0.1) is 5.92 Å². The zero-order chi connectivity index (χ0) is 19.1. The van der Waals surface area contributed by atoms with E-state index in [1.807, 2.05) is 18.2 Å². The van der Waals surface area contributed by atoms with Gasteiger partial charge in [0.1, 0.15) is 5.75 Å². The first kappa shape index (κ1) is 19.2. The maximum Gasteiger partial charge on any atom is 0.119 e. The lowest BCUT2D eigenvalue weighted by Gasteiger charge is -2.17. The van der Waals surface area contributed by atoms with E-state index in [1.54, 1.807) is 0 Å². The number of benzene rings is 3. The second-order valence-electron chi connectivity index (χ2n) is 7.71. The van der Waals surface area contributed by atoms with Gasteiger partial charge in [0.05, 0.1) is 0 Å². The Labute approximate surface area is 163 Å². The molecule has 0 heterocycles. The molecular weight excluding hydrogens is 328 g/mol. The Morgan fingerprint density at radius 1 is 0.704 bits per heavy atom. The topological polar surface area (TPSA) is 20.2 Å². The van der Waals surface area contributed by atoms with Crippen LogP contribution in [-0.2, 0) is 6.42 Å². The second-order valence-corrected chi connectivity index (χ2v) is 7.71. The number of hydrogen-bond acceptors (Lipinski definition) is 1. The predicted molar refractivity (Wildman–Crippen MR) is 116 cm³/mol. The van der Waals surface area contributed by atoms with Crippen LogP contribution in [0.1, 0.15) is 45.1 Å². The molecule has 27 heavy (non-hydrogen) atoms. The maximum atomic E-state index is 10.7. The van der Waals surface area contributed by atoms with E-state index in [2.05, 4.69) is 68.4 Å². The Morgan fingerprint density at radius 2 is 1.33 bits per heavy atom. The first-order valence-corrected chi connectivity index (χ1v) is 10.1. The summed E-state index contributed by atoms with van der Waals surface area (Å²) in [5.41, 5.74) is 5.80. The smallest absolute Gasteiger partial charge is 0.119 e. The molecule has 0 radical (unpaired) electrons. The molecule has 3 aromatic rings. The van der Waals surface area contributed by atoms with Crippen molar-refractivity contribution in [3.05, 3.63) is 78.4 Å². The van der Waals surface area contributed by atoms with Crippen LogP contribution in [0.25, 0.3) is 22.3 Å². The monoisotopic (exact) mass is 358 g/mol. The van der Waals surface area contributed by atoms with Gasteiger partial charge in [0.15, 0.2) is 0 Å². The lowest BCUT2D eigenvalue weighted by Crippen LogP contribution is -1.96. The summed E-state index contributed by atoms with van der Waals surface area (Å²) in [6.07, 6.45) is 5.77. The number of hydrogen-bond donors (Lipinski definition) is 1. The highest BCUT2D eigenvalue weighted by molar-refractivity contribution is 5.87. The zero-order valence-electron chi connectivity index (χ0n) is 16.5. The van der Waals surface area contributed by atoms with Crippen molar-refractivity contribution in [2.45, 2.75) is 46.0 Å². The van der Waals surface area contributed by atoms with E-state index in [1.165, 1.54) is 41.5 Å². The molecule has 0 unspecified atom stereocenters. The van der Waals surface area contributed by atoms with Crippen LogP contribution in [0.5, 0.6) is 5.75 Å². The SMILES string of the molecule is CC(C)CCCCCc1c(O)ccc(-c2ccccc2)c1-c1ccccc1. The first-order chi connectivity index (χ1) is 13.2. The van der Waals surface area contributed by atoms with Gasteiger partial charge < -0.3 is 5.11 Å². The number of unbranched alkanes of at least 4 members (excludes halogenated alkanes) is 2. The molecule has 1 nitrogen and oxygen atoms in total. The molecule has 0 aromatic heterocycles. The van der Waals surface area contributed by atoms with E-state index >= 15 is 0 Å². The van der Waals surface area contributed by atoms with E-state index in [0.717, 1.165) is 24.3 Å². The van der Waals surface area contributed by atoms with Gasteiger partial charge in [-0.25, -0.2) is 0 Å². The highest BCUT2D eigenvalue weighted by Gasteiger charge is 2.16. The third-order valence-electron chi connectivity index (χ3n) is 5.14. The molecule has 0 saturated carbocycles. The van der Waals surface area contributed by atoms with E-state index < -0.39 is 0 Å². The maximum absolute atomic E-state index is 10.7.